The van der Waals surface area contributed by atoms with Gasteiger partial charge in [0, 0.05) is 8.07 Å². The molecule has 0 heterocycles. The summed E-state index contributed by atoms with van der Waals surface area (Å²) < 4.78 is 0. The zero-order valence-corrected chi connectivity index (χ0v) is 13.7. The van der Waals surface area contributed by atoms with Gasteiger partial charge in [-0.15, -0.1) is 0 Å². The van der Waals surface area contributed by atoms with Crippen LogP contribution < -0.4 is 0 Å². The van der Waals surface area contributed by atoms with Crippen LogP contribution in [0.5, 0.6) is 0 Å². The lowest BCUT2D eigenvalue weighted by atomic mass is 10.1. The van der Waals surface area contributed by atoms with Crippen LogP contribution in [-0.2, 0) is 0 Å². The summed E-state index contributed by atoms with van der Waals surface area (Å²) in [6, 6.07) is 1.35. The zero-order chi connectivity index (χ0) is 13.0. The second-order valence-electron chi connectivity index (χ2n) is 6.50. The Morgan fingerprint density at radius 3 is 1.76 bits per heavy atom. The first-order chi connectivity index (χ1) is 8.06. The Morgan fingerprint density at radius 1 is 0.706 bits per heavy atom. The fourth-order valence-corrected chi connectivity index (χ4v) is 2.82. The van der Waals surface area contributed by atoms with E-state index in [0.717, 1.165) is 0 Å². The second-order valence-corrected chi connectivity index (χ2v) is 12.0. The van der Waals surface area contributed by atoms with E-state index in [-0.39, 0.29) is 0 Å². The van der Waals surface area contributed by atoms with Gasteiger partial charge in [-0.25, -0.2) is 0 Å². The molecular formula is C16H34Si. The molecular weight excluding hydrogens is 220 g/mol. The van der Waals surface area contributed by atoms with Crippen molar-refractivity contribution in [3.8, 4) is 0 Å². The fourth-order valence-electron chi connectivity index (χ4n) is 1.95. The van der Waals surface area contributed by atoms with Crippen LogP contribution in [0.2, 0.25) is 25.7 Å². The summed E-state index contributed by atoms with van der Waals surface area (Å²) in [5.41, 5.74) is 0. The van der Waals surface area contributed by atoms with Crippen molar-refractivity contribution in [3.05, 3.63) is 12.2 Å². The Morgan fingerprint density at radius 2 is 1.24 bits per heavy atom. The molecule has 0 fully saturated rings. The van der Waals surface area contributed by atoms with Crippen LogP contribution in [0.25, 0.3) is 0 Å². The standard InChI is InChI=1S/C16H34Si/c1-5-6-7-8-9-10-11-12-13-14-15-16-17(2,3)4/h14-15H,5-13,16H2,1-4H3/b15-14+. The molecule has 0 nitrogen and oxygen atoms in total. The lowest BCUT2D eigenvalue weighted by Gasteiger charge is -2.11. The number of allylic oxidation sites excluding steroid dienone is 2. The van der Waals surface area contributed by atoms with Crippen LogP contribution in [0.4, 0.5) is 0 Å². The van der Waals surface area contributed by atoms with Gasteiger partial charge in [0.05, 0.1) is 0 Å². The van der Waals surface area contributed by atoms with E-state index in [9.17, 15) is 0 Å². The number of unbranched alkanes of at least 4 members (excludes halogenated alkanes) is 8. The Balaban J connectivity index is 3.13. The van der Waals surface area contributed by atoms with E-state index in [1.165, 1.54) is 63.8 Å². The van der Waals surface area contributed by atoms with Crippen LogP contribution in [-0.4, -0.2) is 8.07 Å². The molecule has 17 heavy (non-hydrogen) atoms. The van der Waals surface area contributed by atoms with E-state index in [2.05, 4.69) is 38.7 Å². The van der Waals surface area contributed by atoms with Crippen LogP contribution in [0, 0.1) is 0 Å². The van der Waals surface area contributed by atoms with Gasteiger partial charge in [-0.3, -0.25) is 0 Å². The summed E-state index contributed by atoms with van der Waals surface area (Å²) in [6.45, 7) is 9.60. The van der Waals surface area contributed by atoms with E-state index in [4.69, 9.17) is 0 Å². The van der Waals surface area contributed by atoms with Crippen LogP contribution in [0.3, 0.4) is 0 Å². The Hall–Kier alpha value is -0.0431. The molecule has 102 valence electrons. The van der Waals surface area contributed by atoms with E-state index in [1.54, 1.807) is 0 Å². The predicted molar refractivity (Wildman–Crippen MR) is 84.5 cm³/mol. The molecule has 0 aliphatic heterocycles. The molecule has 0 unspecified atom stereocenters. The largest absolute Gasteiger partial charge is 0.0912 e. The van der Waals surface area contributed by atoms with Crippen LogP contribution >= 0.6 is 0 Å². The molecule has 0 rings (SSSR count). The van der Waals surface area contributed by atoms with Gasteiger partial charge in [-0.2, -0.15) is 0 Å². The monoisotopic (exact) mass is 254 g/mol. The maximum absolute atomic E-state index is 2.44. The maximum Gasteiger partial charge on any atom is 0.0480 e. The zero-order valence-electron chi connectivity index (χ0n) is 12.7. The molecule has 0 amide bonds. The highest BCUT2D eigenvalue weighted by atomic mass is 28.3. The topological polar surface area (TPSA) is 0 Å². The average molecular weight is 255 g/mol. The maximum atomic E-state index is 2.44. The summed E-state index contributed by atoms with van der Waals surface area (Å²) in [4.78, 5) is 0. The molecule has 0 spiro atoms. The Kier molecular flexibility index (Phi) is 11.0. The first-order valence-corrected chi connectivity index (χ1v) is 11.4. The summed E-state index contributed by atoms with van der Waals surface area (Å²) in [5.74, 6) is 0. The van der Waals surface area contributed by atoms with Crippen molar-refractivity contribution in [2.24, 2.45) is 0 Å². The van der Waals surface area contributed by atoms with E-state index >= 15 is 0 Å². The van der Waals surface area contributed by atoms with Crippen molar-refractivity contribution in [1.29, 1.82) is 0 Å². The van der Waals surface area contributed by atoms with Gasteiger partial charge < -0.3 is 0 Å². The molecule has 0 aliphatic rings. The van der Waals surface area contributed by atoms with Crippen molar-refractivity contribution < 1.29 is 0 Å². The highest BCUT2D eigenvalue weighted by molar-refractivity contribution is 6.76. The highest BCUT2D eigenvalue weighted by Crippen LogP contribution is 2.11. The molecule has 0 aromatic heterocycles. The number of rotatable bonds is 11. The van der Waals surface area contributed by atoms with Gasteiger partial charge >= 0.3 is 0 Å². The van der Waals surface area contributed by atoms with E-state index in [1.807, 2.05) is 0 Å². The average Bonchev–Trinajstić information content (AvgIpc) is 2.24. The minimum Gasteiger partial charge on any atom is -0.0912 e. The Bertz CT molecular complexity index is 176. The lowest BCUT2D eigenvalue weighted by Crippen LogP contribution is -2.17. The minimum atomic E-state index is -0.838. The first-order valence-electron chi connectivity index (χ1n) is 7.71. The summed E-state index contributed by atoms with van der Waals surface area (Å²) >= 11 is 0. The number of hydrogen-bond donors (Lipinski definition) is 0. The van der Waals surface area contributed by atoms with Gasteiger partial charge in [0.25, 0.3) is 0 Å². The van der Waals surface area contributed by atoms with Crippen molar-refractivity contribution in [1.82, 2.24) is 0 Å². The molecule has 0 N–H and O–H groups in total. The molecule has 0 bridgehead atoms. The molecule has 1 heteroatoms. The molecule has 0 aromatic rings. The first kappa shape index (κ1) is 17.0. The third-order valence-corrected chi connectivity index (χ3v) is 4.58. The van der Waals surface area contributed by atoms with E-state index < -0.39 is 8.07 Å². The third-order valence-electron chi connectivity index (χ3n) is 3.12. The molecule has 0 aliphatic carbocycles. The normalized spacial score (nSPS) is 12.5. The predicted octanol–water partition coefficient (Wildman–Crippen LogP) is 6.41. The fraction of sp³-hybridized carbons (Fsp3) is 0.875. The van der Waals surface area contributed by atoms with Gasteiger partial charge in [0.2, 0.25) is 0 Å². The Labute approximate surface area is 111 Å². The third kappa shape index (κ3) is 16.0. The van der Waals surface area contributed by atoms with E-state index in [0.29, 0.717) is 0 Å². The van der Waals surface area contributed by atoms with Crippen molar-refractivity contribution >= 4 is 8.07 Å². The van der Waals surface area contributed by atoms with Crippen LogP contribution in [0.1, 0.15) is 64.7 Å². The smallest absolute Gasteiger partial charge is 0.0480 e. The summed E-state index contributed by atoms with van der Waals surface area (Å²) in [7, 11) is -0.838. The van der Waals surface area contributed by atoms with Gasteiger partial charge in [-0.05, 0) is 18.9 Å². The molecule has 0 saturated heterocycles. The van der Waals surface area contributed by atoms with Crippen molar-refractivity contribution in [2.45, 2.75) is 90.4 Å². The summed E-state index contributed by atoms with van der Waals surface area (Å²) in [6.07, 6.45) is 17.6. The SMILES string of the molecule is CCCCCCCCCC/C=C/C[Si](C)(C)C. The molecule has 0 radical (unpaired) electrons. The highest BCUT2D eigenvalue weighted by Gasteiger charge is 2.08. The lowest BCUT2D eigenvalue weighted by molar-refractivity contribution is 0.577. The van der Waals surface area contributed by atoms with Gasteiger partial charge in [0.15, 0.2) is 0 Å². The van der Waals surface area contributed by atoms with Crippen molar-refractivity contribution in [2.75, 3.05) is 0 Å². The van der Waals surface area contributed by atoms with Gasteiger partial charge in [0.1, 0.15) is 0 Å². The number of hydrogen-bond acceptors (Lipinski definition) is 0. The second kappa shape index (κ2) is 11.1. The minimum absolute atomic E-state index is 0.838. The quantitative estimate of drug-likeness (QED) is 0.227. The summed E-state index contributed by atoms with van der Waals surface area (Å²) in [5, 5.41) is 0. The van der Waals surface area contributed by atoms with Crippen LogP contribution in [0.15, 0.2) is 12.2 Å². The van der Waals surface area contributed by atoms with Gasteiger partial charge in [-0.1, -0.05) is 83.7 Å². The molecule has 0 aromatic carbocycles. The molecule has 0 atom stereocenters. The molecule has 0 saturated carbocycles. The van der Waals surface area contributed by atoms with Crippen molar-refractivity contribution in [3.63, 3.8) is 0 Å².